The van der Waals surface area contributed by atoms with Gasteiger partial charge in [-0.1, -0.05) is 6.08 Å². The summed E-state index contributed by atoms with van der Waals surface area (Å²) in [5.41, 5.74) is 0.0440. The van der Waals surface area contributed by atoms with Crippen molar-refractivity contribution in [3.8, 4) is 5.75 Å². The van der Waals surface area contributed by atoms with Crippen LogP contribution in [0.15, 0.2) is 30.9 Å². The van der Waals surface area contributed by atoms with Crippen molar-refractivity contribution in [3.63, 3.8) is 0 Å². The average Bonchev–Trinajstić information content (AvgIpc) is 2.37. The van der Waals surface area contributed by atoms with Gasteiger partial charge in [0.15, 0.2) is 0 Å². The Morgan fingerprint density at radius 3 is 2.60 bits per heavy atom. The first-order valence-corrected chi connectivity index (χ1v) is 6.11. The minimum Gasteiger partial charge on any atom is -0.507 e. The second-order valence-electron chi connectivity index (χ2n) is 4.50. The van der Waals surface area contributed by atoms with Crippen molar-refractivity contribution >= 4 is 17.7 Å². The minimum absolute atomic E-state index is 0.0240. The molecule has 0 heterocycles. The topological polar surface area (TPSA) is 89.9 Å². The van der Waals surface area contributed by atoms with E-state index in [-0.39, 0.29) is 23.4 Å². The number of aromatic hydroxyl groups is 1. The van der Waals surface area contributed by atoms with Crippen LogP contribution in [-0.4, -0.2) is 39.7 Å². The number of aromatic carboxylic acids is 1. The number of benzene rings is 1. The number of carbonyl (C=O) groups is 2. The molecule has 1 rings (SSSR count). The lowest BCUT2D eigenvalue weighted by Gasteiger charge is -2.25. The van der Waals surface area contributed by atoms with Crippen LogP contribution in [0.2, 0.25) is 0 Å². The van der Waals surface area contributed by atoms with E-state index >= 15 is 0 Å². The van der Waals surface area contributed by atoms with E-state index in [0.717, 1.165) is 0 Å². The number of phenols is 1. The van der Waals surface area contributed by atoms with Gasteiger partial charge < -0.3 is 20.4 Å². The van der Waals surface area contributed by atoms with Gasteiger partial charge >= 0.3 is 12.0 Å². The van der Waals surface area contributed by atoms with Crippen LogP contribution >= 0.6 is 0 Å². The van der Waals surface area contributed by atoms with E-state index in [0.29, 0.717) is 12.2 Å². The van der Waals surface area contributed by atoms with Crippen LogP contribution in [-0.2, 0) is 0 Å². The van der Waals surface area contributed by atoms with Gasteiger partial charge in [0.05, 0.1) is 0 Å². The van der Waals surface area contributed by atoms with Crippen molar-refractivity contribution in [3.05, 3.63) is 36.4 Å². The van der Waals surface area contributed by atoms with E-state index in [2.05, 4.69) is 11.9 Å². The van der Waals surface area contributed by atoms with E-state index in [9.17, 15) is 14.7 Å². The molecular formula is C14H18N2O4. The second kappa shape index (κ2) is 6.60. The second-order valence-corrected chi connectivity index (χ2v) is 4.50. The third-order valence-electron chi connectivity index (χ3n) is 2.69. The average molecular weight is 278 g/mol. The molecule has 0 saturated heterocycles. The van der Waals surface area contributed by atoms with Gasteiger partial charge in [-0.3, -0.25) is 0 Å². The molecule has 0 saturated carbocycles. The third kappa shape index (κ3) is 3.74. The molecule has 0 radical (unpaired) electrons. The molecule has 0 aliphatic rings. The van der Waals surface area contributed by atoms with Gasteiger partial charge in [0.25, 0.3) is 0 Å². The zero-order chi connectivity index (χ0) is 15.3. The van der Waals surface area contributed by atoms with E-state index < -0.39 is 5.97 Å². The molecule has 2 amide bonds. The number of hydrogen-bond acceptors (Lipinski definition) is 3. The molecule has 0 atom stereocenters. The summed E-state index contributed by atoms with van der Waals surface area (Å²) in [6.07, 6.45) is 1.61. The van der Waals surface area contributed by atoms with Gasteiger partial charge in [0.2, 0.25) is 0 Å². The molecule has 6 nitrogen and oxygen atoms in total. The zero-order valence-electron chi connectivity index (χ0n) is 11.5. The van der Waals surface area contributed by atoms with Crippen molar-refractivity contribution in [2.45, 2.75) is 19.9 Å². The highest BCUT2D eigenvalue weighted by molar-refractivity contribution is 5.95. The summed E-state index contributed by atoms with van der Waals surface area (Å²) >= 11 is 0. The van der Waals surface area contributed by atoms with Crippen LogP contribution in [0.1, 0.15) is 24.2 Å². The maximum atomic E-state index is 12.1. The molecule has 0 spiro atoms. The van der Waals surface area contributed by atoms with Gasteiger partial charge in [-0.05, 0) is 32.0 Å². The maximum Gasteiger partial charge on any atom is 0.339 e. The summed E-state index contributed by atoms with van der Waals surface area (Å²) in [7, 11) is 0. The fourth-order valence-electron chi connectivity index (χ4n) is 1.65. The molecule has 1 aromatic rings. The molecule has 0 aromatic heterocycles. The number of anilines is 1. The minimum atomic E-state index is -1.26. The molecule has 0 fully saturated rings. The molecular weight excluding hydrogens is 260 g/mol. The highest BCUT2D eigenvalue weighted by Crippen LogP contribution is 2.21. The lowest BCUT2D eigenvalue weighted by molar-refractivity contribution is 0.0693. The first-order chi connectivity index (χ1) is 9.36. The Morgan fingerprint density at radius 2 is 2.10 bits per heavy atom. The van der Waals surface area contributed by atoms with Crippen LogP contribution in [0.4, 0.5) is 10.5 Å². The fraction of sp³-hybridized carbons (Fsp3) is 0.286. The molecule has 0 bridgehead atoms. The van der Waals surface area contributed by atoms with Gasteiger partial charge in [0.1, 0.15) is 11.3 Å². The summed E-state index contributed by atoms with van der Waals surface area (Å²) in [6.45, 7) is 7.70. The highest BCUT2D eigenvalue weighted by Gasteiger charge is 2.17. The van der Waals surface area contributed by atoms with Crippen LogP contribution in [0, 0.1) is 0 Å². The number of nitrogens with one attached hydrogen (secondary N) is 1. The zero-order valence-corrected chi connectivity index (χ0v) is 11.5. The molecule has 3 N–H and O–H groups in total. The largest absolute Gasteiger partial charge is 0.507 e. The van der Waals surface area contributed by atoms with Crippen molar-refractivity contribution in [2.75, 3.05) is 11.9 Å². The monoisotopic (exact) mass is 278 g/mol. The van der Waals surface area contributed by atoms with Crippen molar-refractivity contribution < 1.29 is 19.8 Å². The molecule has 1 aromatic carbocycles. The maximum absolute atomic E-state index is 12.1. The summed E-state index contributed by atoms with van der Waals surface area (Å²) in [5, 5.41) is 20.9. The first kappa shape index (κ1) is 15.6. The Hall–Kier alpha value is -2.50. The number of urea groups is 1. The lowest BCUT2D eigenvalue weighted by atomic mass is 10.2. The Kier molecular flexibility index (Phi) is 5.14. The fourth-order valence-corrected chi connectivity index (χ4v) is 1.65. The summed E-state index contributed by atoms with van der Waals surface area (Å²) < 4.78 is 0. The van der Waals surface area contributed by atoms with Gasteiger partial charge in [0, 0.05) is 18.3 Å². The van der Waals surface area contributed by atoms with Crippen molar-refractivity contribution in [1.29, 1.82) is 0 Å². The molecule has 6 heteroatoms. The van der Waals surface area contributed by atoms with Gasteiger partial charge in [-0.2, -0.15) is 0 Å². The number of nitrogens with zero attached hydrogens (tertiary/aromatic N) is 1. The Morgan fingerprint density at radius 1 is 1.45 bits per heavy atom. The van der Waals surface area contributed by atoms with Crippen LogP contribution in [0.5, 0.6) is 5.75 Å². The van der Waals surface area contributed by atoms with E-state index in [1.165, 1.54) is 18.2 Å². The van der Waals surface area contributed by atoms with E-state index in [1.54, 1.807) is 11.0 Å². The molecule has 0 aliphatic heterocycles. The van der Waals surface area contributed by atoms with Crippen molar-refractivity contribution in [1.82, 2.24) is 4.90 Å². The van der Waals surface area contributed by atoms with Crippen LogP contribution < -0.4 is 5.32 Å². The van der Waals surface area contributed by atoms with Gasteiger partial charge in [-0.25, -0.2) is 9.59 Å². The summed E-state index contributed by atoms with van der Waals surface area (Å²) in [4.78, 5) is 24.5. The quantitative estimate of drug-likeness (QED) is 0.570. The highest BCUT2D eigenvalue weighted by atomic mass is 16.4. The molecule has 20 heavy (non-hydrogen) atoms. The molecule has 0 aliphatic carbocycles. The van der Waals surface area contributed by atoms with E-state index in [4.69, 9.17) is 5.11 Å². The van der Waals surface area contributed by atoms with E-state index in [1.807, 2.05) is 13.8 Å². The summed E-state index contributed by atoms with van der Waals surface area (Å²) in [6, 6.07) is 3.49. The Labute approximate surface area is 117 Å². The Bertz CT molecular complexity index is 526. The molecule has 108 valence electrons. The third-order valence-corrected chi connectivity index (χ3v) is 2.69. The Balaban J connectivity index is 2.92. The SMILES string of the molecule is C=CCN(C(=O)Nc1ccc(O)c(C(=O)O)c1)C(C)C. The number of rotatable bonds is 5. The number of carboxylic acids is 1. The predicted octanol–water partition coefficient (Wildman–Crippen LogP) is 2.52. The summed E-state index contributed by atoms with van der Waals surface area (Å²) in [5.74, 6) is -1.60. The van der Waals surface area contributed by atoms with Crippen molar-refractivity contribution in [2.24, 2.45) is 0 Å². The standard InChI is InChI=1S/C14H18N2O4/c1-4-7-16(9(2)3)14(20)15-10-5-6-12(17)11(8-10)13(18)19/h4-6,8-9,17H,1,7H2,2-3H3,(H,15,20)(H,18,19). The first-order valence-electron chi connectivity index (χ1n) is 6.11. The molecule has 0 unspecified atom stereocenters. The smallest absolute Gasteiger partial charge is 0.339 e. The number of carbonyl (C=O) groups excluding carboxylic acids is 1. The van der Waals surface area contributed by atoms with Gasteiger partial charge in [-0.15, -0.1) is 6.58 Å². The predicted molar refractivity (Wildman–Crippen MR) is 76.1 cm³/mol. The van der Waals surface area contributed by atoms with Crippen LogP contribution in [0.25, 0.3) is 0 Å². The normalized spacial score (nSPS) is 10.2. The number of carboxylic acid groups (broad SMARTS) is 1. The number of amides is 2. The number of hydrogen-bond donors (Lipinski definition) is 3. The van der Waals surface area contributed by atoms with Crippen LogP contribution in [0.3, 0.4) is 0 Å². The lowest BCUT2D eigenvalue weighted by Crippen LogP contribution is -2.40.